The third-order valence-corrected chi connectivity index (χ3v) is 3.96. The minimum absolute atomic E-state index is 0.178. The average Bonchev–Trinajstić information content (AvgIpc) is 3.01. The van der Waals surface area contributed by atoms with E-state index in [0.29, 0.717) is 48.7 Å². The molecule has 0 atom stereocenters. The third kappa shape index (κ3) is 3.20. The number of nitriles is 1. The smallest absolute Gasteiger partial charge is 0.407 e. The van der Waals surface area contributed by atoms with Crippen LogP contribution in [0.5, 0.6) is 0 Å². The summed E-state index contributed by atoms with van der Waals surface area (Å²) in [6.07, 6.45) is 3.62. The molecule has 3 rings (SSSR count). The van der Waals surface area contributed by atoms with E-state index in [9.17, 15) is 9.59 Å². The average molecular weight is 341 g/mol. The van der Waals surface area contributed by atoms with E-state index in [2.05, 4.69) is 15.0 Å². The summed E-state index contributed by atoms with van der Waals surface area (Å²) >= 11 is 0. The number of amides is 2. The molecule has 2 aromatic rings. The number of primary amides is 1. The second-order valence-electron chi connectivity index (χ2n) is 5.46. The molecule has 128 valence electrons. The van der Waals surface area contributed by atoms with E-state index in [1.165, 1.54) is 11.0 Å². The highest BCUT2D eigenvalue weighted by molar-refractivity contribution is 6.02. The number of H-pyrrole nitrogens is 1. The zero-order valence-corrected chi connectivity index (χ0v) is 13.1. The lowest BCUT2D eigenvalue weighted by Crippen LogP contribution is -2.48. The summed E-state index contributed by atoms with van der Waals surface area (Å²) in [6, 6.07) is 1.75. The highest BCUT2D eigenvalue weighted by atomic mass is 16.4. The molecule has 25 heavy (non-hydrogen) atoms. The predicted molar refractivity (Wildman–Crippen MR) is 88.5 cm³/mol. The lowest BCUT2D eigenvalue weighted by molar-refractivity contribution is -0.114. The Kier molecular flexibility index (Phi) is 4.21. The maximum absolute atomic E-state index is 11.2. The number of carbonyl (C=O) groups is 2. The SMILES string of the molecule is N#CC(=Cc1c[nH]c2ncc(N3CCN(C(=O)O)CC3)nc12)C(N)=O. The molecule has 0 radical (unpaired) electrons. The van der Waals surface area contributed by atoms with Gasteiger partial charge in [0.2, 0.25) is 0 Å². The normalized spacial score (nSPS) is 15.2. The van der Waals surface area contributed by atoms with E-state index in [1.807, 2.05) is 4.90 Å². The lowest BCUT2D eigenvalue weighted by Gasteiger charge is -2.33. The lowest BCUT2D eigenvalue weighted by atomic mass is 10.2. The second-order valence-corrected chi connectivity index (χ2v) is 5.46. The highest BCUT2D eigenvalue weighted by Crippen LogP contribution is 2.21. The standard InChI is InChI=1S/C15H15N7O3/c16-6-9(13(17)23)5-10-7-18-14-12(10)20-11(8-19-14)21-1-3-22(4-2-21)15(24)25/h5,7-8H,1-4H2,(H2,17,23)(H,18,19)(H,24,25). The van der Waals surface area contributed by atoms with Crippen molar-refractivity contribution in [2.45, 2.75) is 0 Å². The first-order chi connectivity index (χ1) is 12.0. The molecule has 0 saturated carbocycles. The van der Waals surface area contributed by atoms with Crippen LogP contribution in [0.3, 0.4) is 0 Å². The van der Waals surface area contributed by atoms with Crippen LogP contribution in [0.2, 0.25) is 0 Å². The van der Waals surface area contributed by atoms with E-state index in [1.54, 1.807) is 18.5 Å². The number of aromatic nitrogens is 3. The fourth-order valence-electron chi connectivity index (χ4n) is 2.60. The first-order valence-electron chi connectivity index (χ1n) is 7.48. The summed E-state index contributed by atoms with van der Waals surface area (Å²) < 4.78 is 0. The van der Waals surface area contributed by atoms with Crippen molar-refractivity contribution in [3.05, 3.63) is 23.5 Å². The van der Waals surface area contributed by atoms with Gasteiger partial charge in [-0.25, -0.2) is 14.8 Å². The fraction of sp³-hybridized carbons (Fsp3) is 0.267. The Labute approximate surface area is 142 Å². The van der Waals surface area contributed by atoms with E-state index < -0.39 is 12.0 Å². The summed E-state index contributed by atoms with van der Waals surface area (Å²) in [4.78, 5) is 37.2. The number of piperazine rings is 1. The van der Waals surface area contributed by atoms with Crippen LogP contribution in [0.4, 0.5) is 10.6 Å². The van der Waals surface area contributed by atoms with E-state index in [4.69, 9.17) is 16.1 Å². The summed E-state index contributed by atoms with van der Waals surface area (Å²) in [7, 11) is 0. The van der Waals surface area contributed by atoms with Crippen LogP contribution in [0.1, 0.15) is 5.56 Å². The minimum Gasteiger partial charge on any atom is -0.465 e. The Morgan fingerprint density at radius 2 is 2.08 bits per heavy atom. The number of hydrogen-bond donors (Lipinski definition) is 3. The van der Waals surface area contributed by atoms with Crippen LogP contribution in [0.25, 0.3) is 17.2 Å². The molecule has 1 aliphatic rings. The molecule has 10 nitrogen and oxygen atoms in total. The summed E-state index contributed by atoms with van der Waals surface area (Å²) in [6.45, 7) is 1.78. The van der Waals surface area contributed by atoms with Crippen molar-refractivity contribution >= 4 is 35.1 Å². The van der Waals surface area contributed by atoms with Crippen LogP contribution in [0.15, 0.2) is 18.0 Å². The molecule has 0 aromatic carbocycles. The van der Waals surface area contributed by atoms with Gasteiger partial charge >= 0.3 is 6.09 Å². The molecule has 0 aliphatic carbocycles. The number of carboxylic acid groups (broad SMARTS) is 1. The van der Waals surface area contributed by atoms with Gasteiger partial charge in [0.05, 0.1) is 6.20 Å². The monoisotopic (exact) mass is 341 g/mol. The molecule has 1 aliphatic heterocycles. The van der Waals surface area contributed by atoms with Crippen LogP contribution in [0, 0.1) is 11.3 Å². The van der Waals surface area contributed by atoms with Gasteiger partial charge in [0, 0.05) is 37.9 Å². The Morgan fingerprint density at radius 1 is 1.36 bits per heavy atom. The van der Waals surface area contributed by atoms with E-state index in [-0.39, 0.29) is 5.57 Å². The van der Waals surface area contributed by atoms with Crippen LogP contribution < -0.4 is 10.6 Å². The Hall–Kier alpha value is -3.61. The molecule has 1 saturated heterocycles. The number of nitrogens with one attached hydrogen (secondary N) is 1. The summed E-state index contributed by atoms with van der Waals surface area (Å²) in [5.41, 5.74) is 6.53. The quantitative estimate of drug-likeness (QED) is 0.530. The number of hydrogen-bond acceptors (Lipinski definition) is 6. The number of rotatable bonds is 3. The van der Waals surface area contributed by atoms with Crippen molar-refractivity contribution in [3.8, 4) is 6.07 Å². The summed E-state index contributed by atoms with van der Waals surface area (Å²) in [5.74, 6) is -0.213. The fourth-order valence-corrected chi connectivity index (χ4v) is 2.60. The van der Waals surface area contributed by atoms with Crippen molar-refractivity contribution in [1.82, 2.24) is 19.9 Å². The molecule has 0 spiro atoms. The third-order valence-electron chi connectivity index (χ3n) is 3.96. The first kappa shape index (κ1) is 16.3. The molecule has 0 unspecified atom stereocenters. The molecule has 1 fully saturated rings. The minimum atomic E-state index is -0.935. The van der Waals surface area contributed by atoms with Gasteiger partial charge in [-0.15, -0.1) is 0 Å². The van der Waals surface area contributed by atoms with Gasteiger partial charge in [0.1, 0.15) is 23.0 Å². The summed E-state index contributed by atoms with van der Waals surface area (Å²) in [5, 5.41) is 18.0. The largest absolute Gasteiger partial charge is 0.465 e. The molecule has 3 heterocycles. The second kappa shape index (κ2) is 6.48. The molecule has 2 amide bonds. The van der Waals surface area contributed by atoms with E-state index >= 15 is 0 Å². The van der Waals surface area contributed by atoms with Crippen molar-refractivity contribution in [1.29, 1.82) is 5.26 Å². The Bertz CT molecular complexity index is 903. The van der Waals surface area contributed by atoms with Crippen molar-refractivity contribution in [2.24, 2.45) is 5.73 Å². The molecule has 10 heteroatoms. The van der Waals surface area contributed by atoms with Crippen molar-refractivity contribution < 1.29 is 14.7 Å². The van der Waals surface area contributed by atoms with Crippen LogP contribution in [-0.2, 0) is 4.79 Å². The number of aromatic amines is 1. The molecular formula is C15H15N7O3. The number of fused-ring (bicyclic) bond motifs is 1. The van der Waals surface area contributed by atoms with Gasteiger partial charge in [-0.2, -0.15) is 5.26 Å². The first-order valence-corrected chi connectivity index (χ1v) is 7.48. The van der Waals surface area contributed by atoms with Gasteiger partial charge in [0.15, 0.2) is 5.65 Å². The zero-order chi connectivity index (χ0) is 18.0. The molecule has 2 aromatic heterocycles. The van der Waals surface area contributed by atoms with Crippen LogP contribution >= 0.6 is 0 Å². The number of nitrogens with two attached hydrogens (primary N) is 1. The topological polar surface area (TPSA) is 152 Å². The number of anilines is 1. The highest BCUT2D eigenvalue weighted by Gasteiger charge is 2.22. The van der Waals surface area contributed by atoms with Crippen LogP contribution in [-0.4, -0.2) is 63.1 Å². The number of carbonyl (C=O) groups excluding carboxylic acids is 1. The van der Waals surface area contributed by atoms with Gasteiger partial charge < -0.3 is 25.6 Å². The van der Waals surface area contributed by atoms with Gasteiger partial charge in [0.25, 0.3) is 5.91 Å². The van der Waals surface area contributed by atoms with Gasteiger partial charge in [-0.05, 0) is 6.08 Å². The Balaban J connectivity index is 1.90. The molecule has 4 N–H and O–H groups in total. The maximum atomic E-state index is 11.2. The maximum Gasteiger partial charge on any atom is 0.407 e. The number of nitrogens with zero attached hydrogens (tertiary/aromatic N) is 5. The van der Waals surface area contributed by atoms with Crippen molar-refractivity contribution in [3.63, 3.8) is 0 Å². The molecule has 0 bridgehead atoms. The van der Waals surface area contributed by atoms with Gasteiger partial charge in [-0.1, -0.05) is 0 Å². The molecular weight excluding hydrogens is 326 g/mol. The predicted octanol–water partition coefficient (Wildman–Crippen LogP) is 0.150. The van der Waals surface area contributed by atoms with E-state index in [0.717, 1.165) is 0 Å². The Morgan fingerprint density at radius 3 is 2.68 bits per heavy atom. The zero-order valence-electron chi connectivity index (χ0n) is 13.1. The van der Waals surface area contributed by atoms with Gasteiger partial charge in [-0.3, -0.25) is 4.79 Å². The van der Waals surface area contributed by atoms with Crippen molar-refractivity contribution in [2.75, 3.05) is 31.1 Å².